The standard InChI is InChI=1S/C19H22N2O6/c22-16(21-8-7-20-18(21)24)12-27-17(23)19(5-1-2-6-19)13-3-4-14-15(11-13)26-10-9-25-14/h3-4,11H,1-2,5-10,12H2,(H,20,24). The van der Waals surface area contributed by atoms with Crippen LogP contribution in [0.5, 0.6) is 11.5 Å². The first-order chi connectivity index (χ1) is 13.1. The normalized spacial score (nSPS) is 20.3. The molecule has 4 rings (SSSR count). The lowest BCUT2D eigenvalue weighted by Gasteiger charge is -2.29. The summed E-state index contributed by atoms with van der Waals surface area (Å²) in [4.78, 5) is 37.8. The molecular formula is C19H22N2O6. The summed E-state index contributed by atoms with van der Waals surface area (Å²) in [6, 6.07) is 5.09. The maximum atomic E-state index is 13.0. The molecule has 144 valence electrons. The molecular weight excluding hydrogens is 352 g/mol. The molecule has 8 nitrogen and oxygen atoms in total. The quantitative estimate of drug-likeness (QED) is 0.800. The second-order valence-electron chi connectivity index (χ2n) is 7.00. The molecule has 0 radical (unpaired) electrons. The molecule has 1 saturated carbocycles. The number of ether oxygens (including phenoxy) is 3. The van der Waals surface area contributed by atoms with Gasteiger partial charge in [-0.25, -0.2) is 4.79 Å². The highest BCUT2D eigenvalue weighted by Gasteiger charge is 2.45. The summed E-state index contributed by atoms with van der Waals surface area (Å²) >= 11 is 0. The predicted molar refractivity (Wildman–Crippen MR) is 93.6 cm³/mol. The first-order valence-electron chi connectivity index (χ1n) is 9.26. The smallest absolute Gasteiger partial charge is 0.324 e. The largest absolute Gasteiger partial charge is 0.486 e. The number of carbonyl (C=O) groups is 3. The summed E-state index contributed by atoms with van der Waals surface area (Å²) in [5.74, 6) is 0.364. The van der Waals surface area contributed by atoms with Gasteiger partial charge in [0.05, 0.1) is 5.41 Å². The number of nitrogens with one attached hydrogen (secondary N) is 1. The molecule has 2 fully saturated rings. The minimum atomic E-state index is -0.788. The van der Waals surface area contributed by atoms with Gasteiger partial charge in [0.15, 0.2) is 18.1 Å². The van der Waals surface area contributed by atoms with Crippen molar-refractivity contribution in [3.63, 3.8) is 0 Å². The summed E-state index contributed by atoms with van der Waals surface area (Å²) in [5.41, 5.74) is 0.0317. The Morgan fingerprint density at radius 2 is 1.89 bits per heavy atom. The summed E-state index contributed by atoms with van der Waals surface area (Å²) in [7, 11) is 0. The molecule has 0 aromatic heterocycles. The summed E-state index contributed by atoms with van der Waals surface area (Å²) in [6.45, 7) is 1.26. The second-order valence-corrected chi connectivity index (χ2v) is 7.00. The van der Waals surface area contributed by atoms with Gasteiger partial charge in [0.1, 0.15) is 13.2 Å². The van der Waals surface area contributed by atoms with Crippen molar-refractivity contribution in [2.24, 2.45) is 0 Å². The summed E-state index contributed by atoms with van der Waals surface area (Å²) < 4.78 is 16.6. The van der Waals surface area contributed by atoms with Crippen LogP contribution in [0, 0.1) is 0 Å². The molecule has 2 aliphatic heterocycles. The predicted octanol–water partition coefficient (Wildman–Crippen LogP) is 1.36. The van der Waals surface area contributed by atoms with Gasteiger partial charge in [-0.1, -0.05) is 18.9 Å². The van der Waals surface area contributed by atoms with Crippen molar-refractivity contribution in [2.75, 3.05) is 32.9 Å². The van der Waals surface area contributed by atoms with Crippen molar-refractivity contribution in [2.45, 2.75) is 31.1 Å². The van der Waals surface area contributed by atoms with Gasteiger partial charge in [-0.3, -0.25) is 14.5 Å². The third-order valence-electron chi connectivity index (χ3n) is 5.43. The lowest BCUT2D eigenvalue weighted by atomic mass is 9.78. The van der Waals surface area contributed by atoms with Crippen LogP contribution in [0.3, 0.4) is 0 Å². The van der Waals surface area contributed by atoms with Crippen LogP contribution in [0.15, 0.2) is 18.2 Å². The van der Waals surface area contributed by atoms with Crippen LogP contribution in [0.4, 0.5) is 4.79 Å². The molecule has 0 atom stereocenters. The van der Waals surface area contributed by atoms with Gasteiger partial charge >= 0.3 is 12.0 Å². The zero-order valence-corrected chi connectivity index (χ0v) is 15.0. The molecule has 1 aromatic carbocycles. The van der Waals surface area contributed by atoms with E-state index in [0.29, 0.717) is 50.6 Å². The Kier molecular flexibility index (Phi) is 4.63. The van der Waals surface area contributed by atoms with Gasteiger partial charge in [-0.05, 0) is 30.5 Å². The molecule has 8 heteroatoms. The Morgan fingerprint density at radius 3 is 2.59 bits per heavy atom. The Balaban J connectivity index is 1.50. The highest BCUT2D eigenvalue weighted by molar-refractivity contribution is 5.97. The number of imide groups is 1. The Labute approximate surface area is 156 Å². The molecule has 1 N–H and O–H groups in total. The monoisotopic (exact) mass is 374 g/mol. The first-order valence-corrected chi connectivity index (χ1v) is 9.26. The van der Waals surface area contributed by atoms with Crippen molar-refractivity contribution < 1.29 is 28.6 Å². The fraction of sp³-hybridized carbons (Fsp3) is 0.526. The van der Waals surface area contributed by atoms with Gasteiger partial charge in [0.2, 0.25) is 0 Å². The highest BCUT2D eigenvalue weighted by Crippen LogP contribution is 2.45. The van der Waals surface area contributed by atoms with E-state index in [1.807, 2.05) is 18.2 Å². The molecule has 3 aliphatic rings. The fourth-order valence-corrected chi connectivity index (χ4v) is 3.98. The van der Waals surface area contributed by atoms with E-state index in [4.69, 9.17) is 14.2 Å². The molecule has 1 aliphatic carbocycles. The highest BCUT2D eigenvalue weighted by atomic mass is 16.6. The number of hydrogen-bond donors (Lipinski definition) is 1. The molecule has 0 unspecified atom stereocenters. The average Bonchev–Trinajstić information content (AvgIpc) is 3.35. The zero-order valence-electron chi connectivity index (χ0n) is 15.0. The van der Waals surface area contributed by atoms with E-state index < -0.39 is 29.9 Å². The molecule has 2 heterocycles. The Morgan fingerprint density at radius 1 is 1.15 bits per heavy atom. The first kappa shape index (κ1) is 17.6. The number of amides is 3. The van der Waals surface area contributed by atoms with Crippen LogP contribution in [0.1, 0.15) is 31.2 Å². The zero-order chi connectivity index (χ0) is 18.9. The SMILES string of the molecule is O=C(COC(=O)C1(c2ccc3c(c2)OCCO3)CCCC1)N1CCNC1=O. The average molecular weight is 374 g/mol. The summed E-state index contributed by atoms with van der Waals surface area (Å²) in [5, 5.41) is 2.56. The van der Waals surface area contributed by atoms with Gasteiger partial charge in [0, 0.05) is 13.1 Å². The van der Waals surface area contributed by atoms with E-state index in [-0.39, 0.29) is 0 Å². The van der Waals surface area contributed by atoms with E-state index in [2.05, 4.69) is 5.32 Å². The van der Waals surface area contributed by atoms with E-state index in [9.17, 15) is 14.4 Å². The number of rotatable bonds is 4. The van der Waals surface area contributed by atoms with E-state index in [1.54, 1.807) is 0 Å². The van der Waals surface area contributed by atoms with Crippen molar-refractivity contribution in [1.82, 2.24) is 10.2 Å². The van der Waals surface area contributed by atoms with E-state index in [0.717, 1.165) is 23.3 Å². The third kappa shape index (κ3) is 3.20. The molecule has 1 aromatic rings. The molecule has 0 bridgehead atoms. The van der Waals surface area contributed by atoms with E-state index >= 15 is 0 Å². The van der Waals surface area contributed by atoms with Gasteiger partial charge in [-0.2, -0.15) is 0 Å². The van der Waals surface area contributed by atoms with Gasteiger partial charge in [0.25, 0.3) is 5.91 Å². The topological polar surface area (TPSA) is 94.2 Å². The van der Waals surface area contributed by atoms with Crippen molar-refractivity contribution in [1.29, 1.82) is 0 Å². The molecule has 0 spiro atoms. The van der Waals surface area contributed by atoms with Crippen LogP contribution in [-0.4, -0.2) is 55.7 Å². The number of hydrogen-bond acceptors (Lipinski definition) is 6. The third-order valence-corrected chi connectivity index (χ3v) is 5.43. The summed E-state index contributed by atoms with van der Waals surface area (Å²) in [6.07, 6.45) is 3.13. The van der Waals surface area contributed by atoms with Crippen LogP contribution < -0.4 is 14.8 Å². The maximum absolute atomic E-state index is 13.0. The van der Waals surface area contributed by atoms with Gasteiger partial charge in [-0.15, -0.1) is 0 Å². The number of esters is 1. The van der Waals surface area contributed by atoms with Crippen LogP contribution in [0.25, 0.3) is 0 Å². The van der Waals surface area contributed by atoms with Crippen molar-refractivity contribution in [3.8, 4) is 11.5 Å². The van der Waals surface area contributed by atoms with Crippen LogP contribution in [-0.2, 0) is 19.7 Å². The number of benzene rings is 1. The number of carbonyl (C=O) groups excluding carboxylic acids is 3. The lowest BCUT2D eigenvalue weighted by Crippen LogP contribution is -2.40. The molecule has 3 amide bonds. The minimum Gasteiger partial charge on any atom is -0.486 e. The van der Waals surface area contributed by atoms with Gasteiger partial charge < -0.3 is 19.5 Å². The van der Waals surface area contributed by atoms with Crippen molar-refractivity contribution in [3.05, 3.63) is 23.8 Å². The lowest BCUT2D eigenvalue weighted by molar-refractivity contribution is -0.156. The van der Waals surface area contributed by atoms with Crippen molar-refractivity contribution >= 4 is 17.9 Å². The minimum absolute atomic E-state index is 0.294. The number of nitrogens with zero attached hydrogens (tertiary/aromatic N) is 1. The maximum Gasteiger partial charge on any atom is 0.324 e. The Bertz CT molecular complexity index is 771. The Hall–Kier alpha value is -2.77. The second kappa shape index (κ2) is 7.09. The number of urea groups is 1. The molecule has 27 heavy (non-hydrogen) atoms. The van der Waals surface area contributed by atoms with E-state index in [1.165, 1.54) is 0 Å². The molecule has 1 saturated heterocycles. The fourth-order valence-electron chi connectivity index (χ4n) is 3.98. The van der Waals surface area contributed by atoms with Crippen LogP contribution in [0.2, 0.25) is 0 Å². The van der Waals surface area contributed by atoms with Crippen LogP contribution >= 0.6 is 0 Å². The number of fused-ring (bicyclic) bond motifs is 1.